The zero-order chi connectivity index (χ0) is 17.2. The van der Waals surface area contributed by atoms with Crippen LogP contribution in [0.15, 0.2) is 62.0 Å². The Kier molecular flexibility index (Phi) is 4.88. The Bertz CT molecular complexity index is 901. The molecule has 0 radical (unpaired) electrons. The first kappa shape index (κ1) is 16.9. The molecule has 0 saturated carbocycles. The van der Waals surface area contributed by atoms with Crippen LogP contribution in [0, 0.1) is 0 Å². The normalized spacial score (nSPS) is 18.7. The Balaban J connectivity index is 1.97. The molecular formula is C16H14N2O3S3. The maximum Gasteiger partial charge on any atom is 0.284 e. The number of likely N-dealkylation sites (N-methyl/N-ethyl adjacent to an activating group) is 1. The lowest BCUT2D eigenvalue weighted by Gasteiger charge is -2.11. The first-order chi connectivity index (χ1) is 11.5. The van der Waals surface area contributed by atoms with Crippen molar-refractivity contribution in [1.82, 2.24) is 4.90 Å². The van der Waals surface area contributed by atoms with Gasteiger partial charge in [-0.1, -0.05) is 24.3 Å². The highest BCUT2D eigenvalue weighted by molar-refractivity contribution is 8.19. The van der Waals surface area contributed by atoms with Crippen molar-refractivity contribution in [3.63, 3.8) is 0 Å². The number of carbonyl (C=O) groups is 1. The minimum Gasteiger partial charge on any atom is -0.286 e. The van der Waals surface area contributed by atoms with Gasteiger partial charge in [-0.2, -0.15) is 8.42 Å². The van der Waals surface area contributed by atoms with Gasteiger partial charge in [0, 0.05) is 11.4 Å². The van der Waals surface area contributed by atoms with E-state index in [1.54, 1.807) is 31.2 Å². The summed E-state index contributed by atoms with van der Waals surface area (Å²) >= 11 is 2.60. The maximum absolute atomic E-state index is 12.5. The number of thioether (sulfide) groups is 1. The van der Waals surface area contributed by atoms with Gasteiger partial charge in [-0.25, -0.2) is 0 Å². The van der Waals surface area contributed by atoms with E-state index in [0.29, 0.717) is 11.4 Å². The third-order valence-electron chi connectivity index (χ3n) is 3.26. The highest BCUT2D eigenvalue weighted by Gasteiger charge is 2.34. The van der Waals surface area contributed by atoms with E-state index in [1.807, 2.05) is 17.5 Å². The number of benzene rings is 1. The van der Waals surface area contributed by atoms with Crippen LogP contribution >= 0.6 is 23.1 Å². The molecule has 1 fully saturated rings. The minimum atomic E-state index is -3.85. The van der Waals surface area contributed by atoms with Crippen molar-refractivity contribution in [1.29, 1.82) is 0 Å². The Labute approximate surface area is 148 Å². The van der Waals surface area contributed by atoms with E-state index in [2.05, 4.69) is 4.40 Å². The molecule has 1 aromatic heterocycles. The van der Waals surface area contributed by atoms with Crippen LogP contribution in [0.3, 0.4) is 0 Å². The number of hydrogen-bond acceptors (Lipinski definition) is 5. The standard InChI is InChI=1S/C16H14N2O3S3/c1-2-18-15(19)14(11-12-7-6-10-22-12)23-16(18)17-24(20,21)13-8-4-3-5-9-13/h3-11H,2H2,1H3/b14-11-,17-16-. The quantitative estimate of drug-likeness (QED) is 0.765. The van der Waals surface area contributed by atoms with Crippen molar-refractivity contribution in [3.05, 3.63) is 57.6 Å². The van der Waals surface area contributed by atoms with Crippen molar-refractivity contribution in [3.8, 4) is 0 Å². The number of hydrogen-bond donors (Lipinski definition) is 0. The molecule has 5 nitrogen and oxygen atoms in total. The molecule has 0 spiro atoms. The average molecular weight is 379 g/mol. The molecule has 0 unspecified atom stereocenters. The van der Waals surface area contributed by atoms with Crippen LogP contribution in [-0.2, 0) is 14.8 Å². The van der Waals surface area contributed by atoms with E-state index in [4.69, 9.17) is 0 Å². The Morgan fingerprint density at radius 1 is 1.17 bits per heavy atom. The van der Waals surface area contributed by atoms with Gasteiger partial charge >= 0.3 is 0 Å². The molecule has 1 amide bonds. The lowest BCUT2D eigenvalue weighted by Crippen LogP contribution is -2.29. The Morgan fingerprint density at radius 2 is 1.92 bits per heavy atom. The van der Waals surface area contributed by atoms with E-state index in [-0.39, 0.29) is 16.0 Å². The van der Waals surface area contributed by atoms with Crippen molar-refractivity contribution in [2.45, 2.75) is 11.8 Å². The Morgan fingerprint density at radius 3 is 2.54 bits per heavy atom. The van der Waals surface area contributed by atoms with E-state index in [0.717, 1.165) is 16.6 Å². The number of nitrogens with zero attached hydrogens (tertiary/aromatic N) is 2. The van der Waals surface area contributed by atoms with Gasteiger partial charge < -0.3 is 0 Å². The zero-order valence-electron chi connectivity index (χ0n) is 12.7. The van der Waals surface area contributed by atoms with Crippen LogP contribution in [0.1, 0.15) is 11.8 Å². The Hall–Kier alpha value is -1.90. The van der Waals surface area contributed by atoms with Crippen LogP contribution in [0.2, 0.25) is 0 Å². The second kappa shape index (κ2) is 6.92. The fourth-order valence-corrected chi connectivity index (χ4v) is 5.09. The molecule has 0 atom stereocenters. The van der Waals surface area contributed by atoms with Crippen LogP contribution in [0.5, 0.6) is 0 Å². The summed E-state index contributed by atoms with van der Waals surface area (Å²) in [6.45, 7) is 2.15. The third-order valence-corrected chi connectivity index (χ3v) is 6.48. The van der Waals surface area contributed by atoms with Crippen molar-refractivity contribution >= 4 is 50.3 Å². The summed E-state index contributed by atoms with van der Waals surface area (Å²) in [5.74, 6) is -0.224. The van der Waals surface area contributed by atoms with Gasteiger partial charge in [-0.15, -0.1) is 15.7 Å². The molecule has 3 rings (SSSR count). The molecule has 1 saturated heterocycles. The number of sulfonamides is 1. The van der Waals surface area contributed by atoms with Gasteiger partial charge in [-0.3, -0.25) is 9.69 Å². The van der Waals surface area contributed by atoms with Crippen LogP contribution in [-0.4, -0.2) is 30.9 Å². The van der Waals surface area contributed by atoms with Gasteiger partial charge in [0.2, 0.25) is 0 Å². The van der Waals surface area contributed by atoms with Gasteiger partial charge in [0.1, 0.15) is 0 Å². The number of amidine groups is 1. The summed E-state index contributed by atoms with van der Waals surface area (Å²) in [5.41, 5.74) is 0. The molecule has 1 aliphatic heterocycles. The number of carbonyl (C=O) groups excluding carboxylic acids is 1. The topological polar surface area (TPSA) is 66.8 Å². The molecule has 0 bridgehead atoms. The fourth-order valence-electron chi connectivity index (χ4n) is 2.11. The molecule has 0 aliphatic carbocycles. The van der Waals surface area contributed by atoms with E-state index >= 15 is 0 Å². The third kappa shape index (κ3) is 3.45. The van der Waals surface area contributed by atoms with Gasteiger partial charge in [-0.05, 0) is 48.3 Å². The smallest absolute Gasteiger partial charge is 0.284 e. The summed E-state index contributed by atoms with van der Waals surface area (Å²) in [4.78, 5) is 15.4. The molecule has 1 aliphatic rings. The monoisotopic (exact) mass is 378 g/mol. The summed E-state index contributed by atoms with van der Waals surface area (Å²) in [6, 6.07) is 11.8. The lowest BCUT2D eigenvalue weighted by molar-refractivity contribution is -0.122. The van der Waals surface area contributed by atoms with Crippen LogP contribution < -0.4 is 0 Å². The summed E-state index contributed by atoms with van der Waals surface area (Å²) in [5, 5.41) is 2.11. The predicted molar refractivity (Wildman–Crippen MR) is 98.3 cm³/mol. The highest BCUT2D eigenvalue weighted by Crippen LogP contribution is 2.34. The largest absolute Gasteiger partial charge is 0.286 e. The van der Waals surface area contributed by atoms with Crippen molar-refractivity contribution in [2.24, 2.45) is 4.40 Å². The zero-order valence-corrected chi connectivity index (χ0v) is 15.2. The summed E-state index contributed by atoms with van der Waals surface area (Å²) in [7, 11) is -3.85. The van der Waals surface area contributed by atoms with E-state index < -0.39 is 10.0 Å². The maximum atomic E-state index is 12.5. The molecule has 8 heteroatoms. The number of thiophene rings is 1. The molecule has 2 aromatic rings. The van der Waals surface area contributed by atoms with Crippen LogP contribution in [0.25, 0.3) is 6.08 Å². The second-order valence-electron chi connectivity index (χ2n) is 4.84. The van der Waals surface area contributed by atoms with E-state index in [1.165, 1.54) is 28.4 Å². The summed E-state index contributed by atoms with van der Waals surface area (Å²) in [6.07, 6.45) is 1.76. The number of rotatable bonds is 4. The predicted octanol–water partition coefficient (Wildman–Crippen LogP) is 3.43. The fraction of sp³-hybridized carbons (Fsp3) is 0.125. The van der Waals surface area contributed by atoms with E-state index in [9.17, 15) is 13.2 Å². The van der Waals surface area contributed by atoms with Crippen LogP contribution in [0.4, 0.5) is 0 Å². The first-order valence-electron chi connectivity index (χ1n) is 7.16. The number of amides is 1. The minimum absolute atomic E-state index is 0.109. The van der Waals surface area contributed by atoms with Gasteiger partial charge in [0.15, 0.2) is 5.17 Å². The molecule has 1 aromatic carbocycles. The molecular weight excluding hydrogens is 364 g/mol. The average Bonchev–Trinajstić information content (AvgIpc) is 3.17. The highest BCUT2D eigenvalue weighted by atomic mass is 32.2. The second-order valence-corrected chi connectivity index (χ2v) is 8.43. The molecule has 24 heavy (non-hydrogen) atoms. The first-order valence-corrected chi connectivity index (χ1v) is 10.3. The lowest BCUT2D eigenvalue weighted by atomic mass is 10.4. The molecule has 2 heterocycles. The summed E-state index contributed by atoms with van der Waals surface area (Å²) < 4.78 is 28.7. The molecule has 124 valence electrons. The van der Waals surface area contributed by atoms with Gasteiger partial charge in [0.25, 0.3) is 15.9 Å². The molecule has 0 N–H and O–H groups in total. The SMILES string of the molecule is CCN1C(=O)/C(=C/c2cccs2)S/C1=N\S(=O)(=O)c1ccccc1. The van der Waals surface area contributed by atoms with Crippen molar-refractivity contribution in [2.75, 3.05) is 6.54 Å². The van der Waals surface area contributed by atoms with Gasteiger partial charge in [0.05, 0.1) is 9.80 Å². The van der Waals surface area contributed by atoms with Crippen molar-refractivity contribution < 1.29 is 13.2 Å².